The number of aliphatic hydroxyl groups is 1. The number of hydrogen-bond donors (Lipinski definition) is 2. The lowest BCUT2D eigenvalue weighted by atomic mass is 9.87. The second kappa shape index (κ2) is 7.42. The van der Waals surface area contributed by atoms with Crippen molar-refractivity contribution >= 4 is 5.91 Å². The minimum atomic E-state index is -0.248. The maximum absolute atomic E-state index is 12.1. The molecule has 0 radical (unpaired) electrons. The van der Waals surface area contributed by atoms with Gasteiger partial charge >= 0.3 is 0 Å². The van der Waals surface area contributed by atoms with Crippen molar-refractivity contribution in [2.24, 2.45) is 5.41 Å². The molecule has 0 saturated carbocycles. The largest absolute Gasteiger partial charge is 0.394 e. The summed E-state index contributed by atoms with van der Waals surface area (Å²) in [5.74, 6) is -0.0959. The molecule has 1 aromatic heterocycles. The van der Waals surface area contributed by atoms with Crippen molar-refractivity contribution in [3.05, 3.63) is 54.6 Å². The van der Waals surface area contributed by atoms with E-state index < -0.39 is 0 Å². The van der Waals surface area contributed by atoms with E-state index in [1.807, 2.05) is 66.8 Å². The molecule has 5 nitrogen and oxygen atoms in total. The van der Waals surface area contributed by atoms with Crippen molar-refractivity contribution in [1.29, 1.82) is 0 Å². The Morgan fingerprint density at radius 3 is 2.61 bits per heavy atom. The number of rotatable bonds is 6. The Bertz CT molecular complexity index is 629. The van der Waals surface area contributed by atoms with Gasteiger partial charge in [0.15, 0.2) is 6.54 Å². The number of amides is 1. The third-order valence-corrected chi connectivity index (χ3v) is 3.84. The second-order valence-corrected chi connectivity index (χ2v) is 6.91. The molecule has 1 heterocycles. The summed E-state index contributed by atoms with van der Waals surface area (Å²) >= 11 is 0. The van der Waals surface area contributed by atoms with Gasteiger partial charge < -0.3 is 10.4 Å². The molecule has 23 heavy (non-hydrogen) atoms. The highest BCUT2D eigenvalue weighted by Crippen LogP contribution is 2.18. The van der Waals surface area contributed by atoms with Crippen molar-refractivity contribution < 1.29 is 14.5 Å². The van der Waals surface area contributed by atoms with E-state index in [2.05, 4.69) is 17.4 Å². The topological polar surface area (TPSA) is 58.1 Å². The van der Waals surface area contributed by atoms with Crippen LogP contribution in [0.2, 0.25) is 0 Å². The first kappa shape index (κ1) is 17.2. The molecule has 0 aliphatic carbocycles. The Morgan fingerprint density at radius 2 is 2.00 bits per heavy atom. The van der Waals surface area contributed by atoms with Crippen molar-refractivity contribution in [3.63, 3.8) is 0 Å². The van der Waals surface area contributed by atoms with Crippen LogP contribution in [0, 0.1) is 5.41 Å². The van der Waals surface area contributed by atoms with Gasteiger partial charge in [-0.05, 0) is 11.0 Å². The minimum absolute atomic E-state index is 0.0606. The zero-order valence-electron chi connectivity index (χ0n) is 14.1. The molecule has 5 heteroatoms. The van der Waals surface area contributed by atoms with Crippen LogP contribution >= 0.6 is 0 Å². The molecule has 2 rings (SSSR count). The first-order chi connectivity index (χ1) is 10.9. The quantitative estimate of drug-likeness (QED) is 0.790. The van der Waals surface area contributed by atoms with Crippen molar-refractivity contribution in [1.82, 2.24) is 9.88 Å². The van der Waals surface area contributed by atoms with Gasteiger partial charge in [-0.15, -0.1) is 0 Å². The van der Waals surface area contributed by atoms with Gasteiger partial charge in [0.05, 0.1) is 12.6 Å². The van der Waals surface area contributed by atoms with Crippen LogP contribution in [0.3, 0.4) is 0 Å². The SMILES string of the molecule is CC(C)(C)[C@@H](CO)NC(=O)Cn1cc[n+](Cc2ccccc2)c1. The molecule has 1 aromatic carbocycles. The van der Waals surface area contributed by atoms with Gasteiger partial charge in [-0.1, -0.05) is 51.1 Å². The Kier molecular flexibility index (Phi) is 5.55. The van der Waals surface area contributed by atoms with Crippen LogP contribution in [0.25, 0.3) is 0 Å². The highest BCUT2D eigenvalue weighted by atomic mass is 16.3. The molecule has 1 amide bonds. The molecule has 0 fully saturated rings. The molecule has 2 aromatic rings. The highest BCUT2D eigenvalue weighted by Gasteiger charge is 2.26. The summed E-state index contributed by atoms with van der Waals surface area (Å²) in [5, 5.41) is 12.3. The number of nitrogens with one attached hydrogen (secondary N) is 1. The number of carbonyl (C=O) groups excluding carboxylic acids is 1. The number of aliphatic hydroxyl groups excluding tert-OH is 1. The van der Waals surface area contributed by atoms with E-state index in [0.29, 0.717) is 0 Å². The van der Waals surface area contributed by atoms with E-state index in [9.17, 15) is 9.90 Å². The lowest BCUT2D eigenvalue weighted by Crippen LogP contribution is -2.47. The van der Waals surface area contributed by atoms with Crippen LogP contribution in [-0.4, -0.2) is 28.2 Å². The summed E-state index contributed by atoms with van der Waals surface area (Å²) in [7, 11) is 0. The van der Waals surface area contributed by atoms with E-state index in [1.54, 1.807) is 0 Å². The van der Waals surface area contributed by atoms with Crippen molar-refractivity contribution in [2.45, 2.75) is 39.9 Å². The molecule has 0 bridgehead atoms. The average molecular weight is 316 g/mol. The summed E-state index contributed by atoms with van der Waals surface area (Å²) < 4.78 is 3.88. The first-order valence-electron chi connectivity index (χ1n) is 7.87. The van der Waals surface area contributed by atoms with Crippen molar-refractivity contribution in [2.75, 3.05) is 6.61 Å². The van der Waals surface area contributed by atoms with Gasteiger partial charge in [-0.2, -0.15) is 0 Å². The molecule has 0 aliphatic rings. The third-order valence-electron chi connectivity index (χ3n) is 3.84. The predicted octanol–water partition coefficient (Wildman–Crippen LogP) is 1.35. The van der Waals surface area contributed by atoms with Gasteiger partial charge in [-0.3, -0.25) is 4.79 Å². The lowest BCUT2D eigenvalue weighted by molar-refractivity contribution is -0.687. The molecular formula is C18H26N3O2+. The Hall–Kier alpha value is -2.14. The van der Waals surface area contributed by atoms with Gasteiger partial charge in [0.25, 0.3) is 5.91 Å². The second-order valence-electron chi connectivity index (χ2n) is 6.91. The molecule has 1 atom stereocenters. The van der Waals surface area contributed by atoms with Crippen LogP contribution in [0.4, 0.5) is 0 Å². The zero-order chi connectivity index (χ0) is 16.9. The maximum Gasteiger partial charge on any atom is 0.262 e. The number of aromatic nitrogens is 2. The van der Waals surface area contributed by atoms with Crippen LogP contribution < -0.4 is 9.88 Å². The monoisotopic (exact) mass is 316 g/mol. The van der Waals surface area contributed by atoms with Gasteiger partial charge in [0.1, 0.15) is 18.9 Å². The summed E-state index contributed by atoms with van der Waals surface area (Å²) in [5.41, 5.74) is 1.04. The molecule has 124 valence electrons. The third kappa shape index (κ3) is 5.21. The van der Waals surface area contributed by atoms with Gasteiger partial charge in [0.2, 0.25) is 6.33 Å². The number of benzene rings is 1. The number of nitrogens with zero attached hydrogens (tertiary/aromatic N) is 2. The Morgan fingerprint density at radius 1 is 1.30 bits per heavy atom. The summed E-state index contributed by atoms with van der Waals surface area (Å²) in [4.78, 5) is 12.1. The number of imidazole rings is 1. The van der Waals surface area contributed by atoms with E-state index in [1.165, 1.54) is 5.56 Å². The van der Waals surface area contributed by atoms with Crippen molar-refractivity contribution in [3.8, 4) is 0 Å². The standard InChI is InChI=1S/C18H25N3O2/c1-18(2,3)16(13-22)19-17(23)12-21-10-9-20(14-21)11-15-7-5-4-6-8-15/h4-10,14,16,22H,11-13H2,1-3H3/p+1/t16-/m1/s1. The number of hydrogen-bond acceptors (Lipinski definition) is 2. The van der Waals surface area contributed by atoms with Gasteiger partial charge in [0, 0.05) is 0 Å². The van der Waals surface area contributed by atoms with Crippen LogP contribution in [0.1, 0.15) is 26.3 Å². The molecule has 2 N–H and O–H groups in total. The molecule has 0 aliphatic heterocycles. The molecule has 0 spiro atoms. The van der Waals surface area contributed by atoms with E-state index in [-0.39, 0.29) is 30.5 Å². The fourth-order valence-corrected chi connectivity index (χ4v) is 2.36. The minimum Gasteiger partial charge on any atom is -0.394 e. The Balaban J connectivity index is 1.92. The summed E-state index contributed by atoms with van der Waals surface area (Å²) in [6.45, 7) is 6.95. The predicted molar refractivity (Wildman–Crippen MR) is 88.6 cm³/mol. The smallest absolute Gasteiger partial charge is 0.262 e. The van der Waals surface area contributed by atoms with E-state index in [0.717, 1.165) is 6.54 Å². The highest BCUT2D eigenvalue weighted by molar-refractivity contribution is 5.76. The normalized spacial score (nSPS) is 12.9. The zero-order valence-corrected chi connectivity index (χ0v) is 14.1. The summed E-state index contributed by atoms with van der Waals surface area (Å²) in [6.07, 6.45) is 5.75. The van der Waals surface area contributed by atoms with Crippen LogP contribution in [0.5, 0.6) is 0 Å². The average Bonchev–Trinajstić information content (AvgIpc) is 2.91. The van der Waals surface area contributed by atoms with Gasteiger partial charge in [-0.25, -0.2) is 9.13 Å². The van der Waals surface area contributed by atoms with Crippen LogP contribution in [-0.2, 0) is 17.9 Å². The molecule has 0 saturated heterocycles. The van der Waals surface area contributed by atoms with E-state index >= 15 is 0 Å². The van der Waals surface area contributed by atoms with Crippen LogP contribution in [0.15, 0.2) is 49.1 Å². The fourth-order valence-electron chi connectivity index (χ4n) is 2.36. The number of carbonyl (C=O) groups is 1. The molecular weight excluding hydrogens is 290 g/mol. The Labute approximate surface area is 137 Å². The first-order valence-corrected chi connectivity index (χ1v) is 7.87. The lowest BCUT2D eigenvalue weighted by Gasteiger charge is -2.29. The van der Waals surface area contributed by atoms with E-state index in [4.69, 9.17) is 0 Å². The fraction of sp³-hybridized carbons (Fsp3) is 0.444. The maximum atomic E-state index is 12.1. The summed E-state index contributed by atoms with van der Waals surface area (Å²) in [6, 6.07) is 9.93. The molecule has 0 unspecified atom stereocenters.